The van der Waals surface area contributed by atoms with Crippen LogP contribution in [-0.4, -0.2) is 28.8 Å². The molecule has 11 heteroatoms. The van der Waals surface area contributed by atoms with Gasteiger partial charge in [-0.2, -0.15) is 18.3 Å². The van der Waals surface area contributed by atoms with Gasteiger partial charge in [-0.15, -0.1) is 0 Å². The maximum atomic E-state index is 15.0. The van der Waals surface area contributed by atoms with Crippen LogP contribution >= 0.6 is 0 Å². The summed E-state index contributed by atoms with van der Waals surface area (Å²) in [6.45, 7) is 1.94. The van der Waals surface area contributed by atoms with E-state index in [9.17, 15) is 22.4 Å². The van der Waals surface area contributed by atoms with Crippen LogP contribution in [0.15, 0.2) is 66.7 Å². The molecule has 0 bridgehead atoms. The zero-order valence-corrected chi connectivity index (χ0v) is 24.1. The van der Waals surface area contributed by atoms with E-state index in [0.29, 0.717) is 29.9 Å². The first-order chi connectivity index (χ1) is 21.2. The maximum absolute atomic E-state index is 15.0. The van der Waals surface area contributed by atoms with Crippen molar-refractivity contribution in [3.8, 4) is 5.69 Å². The summed E-state index contributed by atoms with van der Waals surface area (Å²) in [6, 6.07) is 17.5. The summed E-state index contributed by atoms with van der Waals surface area (Å²) >= 11 is 0. The van der Waals surface area contributed by atoms with Gasteiger partial charge >= 0.3 is 6.18 Å². The third kappa shape index (κ3) is 7.05. The molecule has 0 saturated heterocycles. The molecule has 5 N–H and O–H groups in total. The lowest BCUT2D eigenvalue weighted by atomic mass is 10.0. The van der Waals surface area contributed by atoms with Crippen molar-refractivity contribution in [2.45, 2.75) is 44.8 Å². The van der Waals surface area contributed by atoms with Crippen molar-refractivity contribution in [3.63, 3.8) is 0 Å². The molecule has 6 rings (SSSR count). The Morgan fingerprint density at radius 1 is 0.886 bits per heavy atom. The third-order valence-electron chi connectivity index (χ3n) is 7.99. The quantitative estimate of drug-likeness (QED) is 0.131. The van der Waals surface area contributed by atoms with Gasteiger partial charge in [-0.05, 0) is 91.0 Å². The highest BCUT2D eigenvalue weighted by atomic mass is 19.4. The number of carbonyl (C=O) groups is 1. The normalized spacial score (nSPS) is 14.8. The zero-order chi connectivity index (χ0) is 30.8. The highest BCUT2D eigenvalue weighted by molar-refractivity contribution is 6.03. The summed E-state index contributed by atoms with van der Waals surface area (Å²) in [5.41, 5.74) is 8.59. The van der Waals surface area contributed by atoms with Gasteiger partial charge < -0.3 is 21.7 Å². The lowest BCUT2D eigenvalue weighted by molar-refractivity contribution is -0.141. The van der Waals surface area contributed by atoms with Crippen molar-refractivity contribution >= 4 is 23.0 Å². The third-order valence-corrected chi connectivity index (χ3v) is 7.99. The number of aromatic nitrogens is 2. The molecule has 7 nitrogen and oxygen atoms in total. The minimum absolute atomic E-state index is 0.139. The zero-order valence-electron chi connectivity index (χ0n) is 24.1. The highest BCUT2D eigenvalue weighted by Gasteiger charge is 2.36. The van der Waals surface area contributed by atoms with E-state index in [2.05, 4.69) is 27.1 Å². The van der Waals surface area contributed by atoms with Gasteiger partial charge in [-0.1, -0.05) is 30.3 Å². The number of hydrogen-bond acceptors (Lipinski definition) is 5. The minimum atomic E-state index is -4.79. The van der Waals surface area contributed by atoms with Crippen LogP contribution in [0.25, 0.3) is 5.69 Å². The Hall–Kier alpha value is -4.38. The van der Waals surface area contributed by atoms with E-state index in [0.717, 1.165) is 40.3 Å². The Balaban J connectivity index is 1.26. The Labute approximate surface area is 252 Å². The van der Waals surface area contributed by atoms with Crippen molar-refractivity contribution in [2.24, 2.45) is 17.6 Å². The van der Waals surface area contributed by atoms with Crippen molar-refractivity contribution in [3.05, 3.63) is 101 Å². The van der Waals surface area contributed by atoms with Crippen LogP contribution in [-0.2, 0) is 19.1 Å². The van der Waals surface area contributed by atoms with Gasteiger partial charge in [-0.3, -0.25) is 4.79 Å². The van der Waals surface area contributed by atoms with E-state index in [-0.39, 0.29) is 17.9 Å². The van der Waals surface area contributed by atoms with E-state index in [4.69, 9.17) is 5.73 Å². The molecule has 2 aliphatic carbocycles. The highest BCUT2D eigenvalue weighted by Crippen LogP contribution is 2.35. The molecule has 44 heavy (non-hydrogen) atoms. The van der Waals surface area contributed by atoms with Crippen molar-refractivity contribution < 1.29 is 22.4 Å². The number of anilines is 3. The molecule has 4 aromatic rings. The number of nitrogens with one attached hydrogen (secondary N) is 3. The van der Waals surface area contributed by atoms with Gasteiger partial charge in [0.2, 0.25) is 0 Å². The number of nitrogens with two attached hydrogens (primary N) is 1. The topological polar surface area (TPSA) is 97.0 Å². The molecule has 1 aromatic heterocycles. The predicted octanol–water partition coefficient (Wildman–Crippen LogP) is 6.98. The van der Waals surface area contributed by atoms with Crippen molar-refractivity contribution in [1.82, 2.24) is 9.78 Å². The van der Waals surface area contributed by atoms with Gasteiger partial charge in [0.15, 0.2) is 5.69 Å². The number of rotatable bonds is 12. The molecule has 1 heterocycles. The van der Waals surface area contributed by atoms with Crippen LogP contribution in [0, 0.1) is 17.7 Å². The number of benzene rings is 3. The lowest BCUT2D eigenvalue weighted by Gasteiger charge is -2.18. The Morgan fingerprint density at radius 2 is 1.61 bits per heavy atom. The van der Waals surface area contributed by atoms with Crippen molar-refractivity contribution in [2.75, 3.05) is 29.0 Å². The maximum Gasteiger partial charge on any atom is 0.435 e. The average molecular weight is 607 g/mol. The lowest BCUT2D eigenvalue weighted by Crippen LogP contribution is -2.18. The SMILES string of the molecule is NCc1cccc(-n2nc(C(F)(F)F)cc2C(=O)Nc2cc(Cc3cccc(NCC4CC4)c3NCC3CC3)ccc2F)c1. The molecule has 1 amide bonds. The molecule has 0 spiro atoms. The van der Waals surface area contributed by atoms with E-state index in [1.54, 1.807) is 24.3 Å². The Bertz CT molecular complexity index is 1660. The molecule has 0 aliphatic heterocycles. The Kier molecular flexibility index (Phi) is 8.31. The molecular weight excluding hydrogens is 572 g/mol. The van der Waals surface area contributed by atoms with Crippen LogP contribution in [0.3, 0.4) is 0 Å². The van der Waals surface area contributed by atoms with Crippen LogP contribution in [0.2, 0.25) is 0 Å². The summed E-state index contributed by atoms with van der Waals surface area (Å²) in [7, 11) is 0. The Morgan fingerprint density at radius 3 is 2.32 bits per heavy atom. The first kappa shape index (κ1) is 29.7. The fourth-order valence-electron chi connectivity index (χ4n) is 5.13. The fourth-order valence-corrected chi connectivity index (χ4v) is 5.13. The number of halogens is 4. The smallest absolute Gasteiger partial charge is 0.383 e. The van der Waals surface area contributed by atoms with Crippen LogP contribution < -0.4 is 21.7 Å². The van der Waals surface area contributed by atoms with E-state index in [1.165, 1.54) is 43.9 Å². The summed E-state index contributed by atoms with van der Waals surface area (Å²) in [4.78, 5) is 13.4. The minimum Gasteiger partial charge on any atom is -0.383 e. The van der Waals surface area contributed by atoms with Gasteiger partial charge in [0.05, 0.1) is 22.7 Å². The largest absolute Gasteiger partial charge is 0.435 e. The summed E-state index contributed by atoms with van der Waals surface area (Å²) < 4.78 is 56.7. The summed E-state index contributed by atoms with van der Waals surface area (Å²) in [5, 5.41) is 13.3. The van der Waals surface area contributed by atoms with Crippen LogP contribution in [0.5, 0.6) is 0 Å². The molecular formula is C33H34F4N6O. The molecule has 230 valence electrons. The molecule has 3 aromatic carbocycles. The van der Waals surface area contributed by atoms with E-state index < -0.39 is 29.3 Å². The standard InChI is InChI=1S/C33H34F4N6O/c34-26-12-11-22(13-24-4-2-6-27(39-18-20-7-8-20)31(24)40-19-21-9-10-21)15-28(26)41-32(44)29-16-30(33(35,36)37)42-43(29)25-5-1-3-23(14-25)17-38/h1-6,11-12,14-16,20-21,39-40H,7-10,13,17-19,38H2,(H,41,44). The first-order valence-electron chi connectivity index (χ1n) is 14.8. The number of nitrogens with zero attached hydrogens (tertiary/aromatic N) is 2. The van der Waals surface area contributed by atoms with Gasteiger partial charge in [0, 0.05) is 25.7 Å². The monoisotopic (exact) mass is 606 g/mol. The second-order valence-corrected chi connectivity index (χ2v) is 11.6. The molecule has 2 saturated carbocycles. The molecule has 2 fully saturated rings. The molecule has 2 aliphatic rings. The predicted molar refractivity (Wildman–Crippen MR) is 162 cm³/mol. The second-order valence-electron chi connectivity index (χ2n) is 11.6. The fraction of sp³-hybridized carbons (Fsp3) is 0.333. The summed E-state index contributed by atoms with van der Waals surface area (Å²) in [5.74, 6) is -0.274. The average Bonchev–Trinajstić information content (AvgIpc) is 3.95. The van der Waals surface area contributed by atoms with Crippen molar-refractivity contribution in [1.29, 1.82) is 0 Å². The van der Waals surface area contributed by atoms with Gasteiger partial charge in [0.1, 0.15) is 11.5 Å². The van der Waals surface area contributed by atoms with Gasteiger partial charge in [0.25, 0.3) is 5.91 Å². The summed E-state index contributed by atoms with van der Waals surface area (Å²) in [6.07, 6.45) is 0.563. The van der Waals surface area contributed by atoms with Crippen LogP contribution in [0.4, 0.5) is 34.6 Å². The van der Waals surface area contributed by atoms with E-state index in [1.807, 2.05) is 12.1 Å². The number of hydrogen-bond donors (Lipinski definition) is 4. The number of para-hydroxylation sites is 1. The molecule has 0 unspecified atom stereocenters. The van der Waals surface area contributed by atoms with E-state index >= 15 is 0 Å². The number of alkyl halides is 3. The number of carbonyl (C=O) groups excluding carboxylic acids is 1. The molecule has 0 radical (unpaired) electrons. The molecule has 0 atom stereocenters. The second kappa shape index (κ2) is 12.3. The number of amides is 1. The first-order valence-corrected chi connectivity index (χ1v) is 14.8. The van der Waals surface area contributed by atoms with Crippen LogP contribution in [0.1, 0.15) is 58.6 Å². The van der Waals surface area contributed by atoms with Gasteiger partial charge in [-0.25, -0.2) is 9.07 Å².